The van der Waals surface area contributed by atoms with E-state index in [4.69, 9.17) is 0 Å². The monoisotopic (exact) mass is 98.0 g/mol. The summed E-state index contributed by atoms with van der Waals surface area (Å²) in [6.45, 7) is 0. The largest absolute Gasteiger partial charge is 0.564 e. The van der Waals surface area contributed by atoms with E-state index < -0.39 is 7.11 Å². The third-order valence-electron chi connectivity index (χ3n) is 0.327. The van der Waals surface area contributed by atoms with Crippen LogP contribution < -0.4 is 5.23 Å². The predicted octanol–water partition coefficient (Wildman–Crippen LogP) is 0.550. The molecule has 1 N–H and O–H groups in total. The van der Waals surface area contributed by atoms with Crippen molar-refractivity contribution in [2.75, 3.05) is 7.05 Å². The van der Waals surface area contributed by atoms with Crippen molar-refractivity contribution in [3.8, 4) is 0 Å². The molecule has 0 bridgehead atoms. The van der Waals surface area contributed by atoms with E-state index in [0.717, 1.165) is 7.05 Å². The summed E-state index contributed by atoms with van der Waals surface area (Å²) in [4.78, 5) is 0. The van der Waals surface area contributed by atoms with Crippen LogP contribution in [0.15, 0.2) is 0 Å². The Balaban J connectivity index is 3.17. The van der Waals surface area contributed by atoms with E-state index in [1.807, 2.05) is 0 Å². The molecule has 0 aliphatic heterocycles. The number of nitrogens with one attached hydrogen (secondary N) is 1. The normalized spacial score (nSPS) is 12.0. The van der Waals surface area contributed by atoms with E-state index >= 15 is 0 Å². The van der Waals surface area contributed by atoms with Gasteiger partial charge in [-0.15, -0.1) is 0 Å². The van der Waals surface area contributed by atoms with Crippen LogP contribution in [0.4, 0.5) is 12.9 Å². The van der Waals surface area contributed by atoms with Crippen LogP contribution in [0.3, 0.4) is 0 Å². The van der Waals surface area contributed by atoms with Crippen LogP contribution >= 0.6 is 0 Å². The van der Waals surface area contributed by atoms with E-state index in [1.165, 1.54) is 5.23 Å². The number of halogens is 3. The maximum Gasteiger partial charge on any atom is 0.564 e. The molecule has 0 spiro atoms. The molecule has 6 heavy (non-hydrogen) atoms. The summed E-state index contributed by atoms with van der Waals surface area (Å²) in [5.74, 6) is 0. The standard InChI is InChI=1S/CH4BF3N/c1-6-2(3,4)5/h6H,1H3/q-1. The minimum atomic E-state index is -4.74. The first kappa shape index (κ1) is 5.81. The van der Waals surface area contributed by atoms with E-state index in [1.54, 1.807) is 0 Å². The topological polar surface area (TPSA) is 12.0 Å². The van der Waals surface area contributed by atoms with E-state index in [9.17, 15) is 12.9 Å². The highest BCUT2D eigenvalue weighted by atomic mass is 19.4. The van der Waals surface area contributed by atoms with Crippen LogP contribution in [-0.2, 0) is 0 Å². The van der Waals surface area contributed by atoms with Gasteiger partial charge in [-0.3, -0.25) is 0 Å². The number of rotatable bonds is 1. The summed E-state index contributed by atoms with van der Waals surface area (Å²) < 4.78 is 32.2. The predicted molar refractivity (Wildman–Crippen MR) is 18.1 cm³/mol. The van der Waals surface area contributed by atoms with E-state index in [2.05, 4.69) is 0 Å². The van der Waals surface area contributed by atoms with Crippen molar-refractivity contribution in [2.24, 2.45) is 0 Å². The molecule has 0 heterocycles. The van der Waals surface area contributed by atoms with Gasteiger partial charge in [-0.2, -0.15) is 0 Å². The van der Waals surface area contributed by atoms with Gasteiger partial charge in [-0.05, 0) is 7.05 Å². The fraction of sp³-hybridized carbons (Fsp3) is 1.00. The highest BCUT2D eigenvalue weighted by molar-refractivity contribution is 6.55. The van der Waals surface area contributed by atoms with Gasteiger partial charge in [0.05, 0.1) is 0 Å². The molecule has 0 radical (unpaired) electrons. The lowest BCUT2D eigenvalue weighted by Crippen LogP contribution is -2.33. The minimum Gasteiger partial charge on any atom is -0.434 e. The Bertz CT molecular complexity index is 40.5. The van der Waals surface area contributed by atoms with Gasteiger partial charge >= 0.3 is 7.11 Å². The first-order valence-corrected chi connectivity index (χ1v) is 1.44. The fourth-order valence-corrected chi connectivity index (χ4v) is 0. The summed E-state index contributed by atoms with van der Waals surface area (Å²) in [7, 11) is -3.87. The van der Waals surface area contributed by atoms with Crippen LogP contribution in [0.1, 0.15) is 0 Å². The van der Waals surface area contributed by atoms with Gasteiger partial charge in [0, 0.05) is 0 Å². The van der Waals surface area contributed by atoms with E-state index in [-0.39, 0.29) is 0 Å². The highest BCUT2D eigenvalue weighted by Crippen LogP contribution is 1.99. The van der Waals surface area contributed by atoms with Crippen LogP contribution in [0.5, 0.6) is 0 Å². The maximum absolute atomic E-state index is 10.7. The molecular weight excluding hydrogens is 93.8 g/mol. The van der Waals surface area contributed by atoms with Gasteiger partial charge < -0.3 is 18.2 Å². The van der Waals surface area contributed by atoms with Gasteiger partial charge in [0.25, 0.3) is 0 Å². The molecule has 0 saturated heterocycles. The Morgan fingerprint density at radius 3 is 1.50 bits per heavy atom. The lowest BCUT2D eigenvalue weighted by Gasteiger charge is -2.09. The molecule has 0 atom stereocenters. The molecule has 5 heteroatoms. The lowest BCUT2D eigenvalue weighted by molar-refractivity contribution is 0.449. The number of hydrogen-bond acceptors (Lipinski definition) is 1. The molecule has 0 rings (SSSR count). The molecule has 0 aliphatic rings. The Labute approximate surface area is 33.6 Å². The Kier molecular flexibility index (Phi) is 1.46. The SMILES string of the molecule is CN[B-](F)(F)F. The maximum atomic E-state index is 10.7. The van der Waals surface area contributed by atoms with Crippen molar-refractivity contribution in [3.05, 3.63) is 0 Å². The molecule has 0 aliphatic carbocycles. The van der Waals surface area contributed by atoms with Gasteiger partial charge in [0.2, 0.25) is 0 Å². The summed E-state index contributed by atoms with van der Waals surface area (Å²) in [5, 5.41) is 1.17. The average molecular weight is 97.9 g/mol. The molecule has 0 aromatic heterocycles. The zero-order valence-corrected chi connectivity index (χ0v) is 3.21. The molecule has 38 valence electrons. The Hall–Kier alpha value is -0.185. The Morgan fingerprint density at radius 2 is 1.50 bits per heavy atom. The van der Waals surface area contributed by atoms with E-state index in [0.29, 0.717) is 0 Å². The van der Waals surface area contributed by atoms with Crippen molar-refractivity contribution in [2.45, 2.75) is 0 Å². The van der Waals surface area contributed by atoms with Crippen LogP contribution in [0.2, 0.25) is 0 Å². The molecule has 0 unspecified atom stereocenters. The zero-order chi connectivity index (χ0) is 5.21. The minimum absolute atomic E-state index is 0.861. The molecule has 1 nitrogen and oxygen atoms in total. The second-order valence-corrected chi connectivity index (χ2v) is 0.863. The average Bonchev–Trinajstić information content (AvgIpc) is 1.35. The first-order chi connectivity index (χ1) is 2.56. The third-order valence-corrected chi connectivity index (χ3v) is 0.327. The first-order valence-electron chi connectivity index (χ1n) is 1.44. The van der Waals surface area contributed by atoms with Crippen molar-refractivity contribution < 1.29 is 12.9 Å². The third kappa shape index (κ3) is 3.81. The quantitative estimate of drug-likeness (QED) is 0.472. The summed E-state index contributed by atoms with van der Waals surface area (Å²) in [6.07, 6.45) is 0. The van der Waals surface area contributed by atoms with Crippen molar-refractivity contribution >= 4 is 7.11 Å². The second-order valence-electron chi connectivity index (χ2n) is 0.863. The zero-order valence-electron chi connectivity index (χ0n) is 3.21. The van der Waals surface area contributed by atoms with Crippen molar-refractivity contribution in [1.29, 1.82) is 0 Å². The molecule has 0 aromatic rings. The lowest BCUT2D eigenvalue weighted by atomic mass is 10.2. The van der Waals surface area contributed by atoms with Gasteiger partial charge in [0.1, 0.15) is 0 Å². The van der Waals surface area contributed by atoms with Crippen LogP contribution in [0.25, 0.3) is 0 Å². The van der Waals surface area contributed by atoms with Gasteiger partial charge in [-0.1, -0.05) is 0 Å². The summed E-state index contributed by atoms with van der Waals surface area (Å²) in [5.41, 5.74) is 0. The molecular formula is CH4BF3N-. The summed E-state index contributed by atoms with van der Waals surface area (Å²) >= 11 is 0. The fourth-order valence-electron chi connectivity index (χ4n) is 0. The van der Waals surface area contributed by atoms with Gasteiger partial charge in [0.15, 0.2) is 0 Å². The second kappa shape index (κ2) is 1.51. The molecule has 0 saturated carbocycles. The summed E-state index contributed by atoms with van der Waals surface area (Å²) in [6, 6.07) is 0. The molecule has 0 fully saturated rings. The number of hydrogen-bond donors (Lipinski definition) is 1. The Morgan fingerprint density at radius 1 is 1.33 bits per heavy atom. The van der Waals surface area contributed by atoms with Crippen molar-refractivity contribution in [3.63, 3.8) is 0 Å². The van der Waals surface area contributed by atoms with Gasteiger partial charge in [-0.25, -0.2) is 0 Å². The molecule has 0 amide bonds. The van der Waals surface area contributed by atoms with Crippen LogP contribution in [-0.4, -0.2) is 14.2 Å². The molecule has 0 aromatic carbocycles. The smallest absolute Gasteiger partial charge is 0.434 e. The highest BCUT2D eigenvalue weighted by Gasteiger charge is 2.18. The van der Waals surface area contributed by atoms with Crippen LogP contribution in [0, 0.1) is 0 Å². The van der Waals surface area contributed by atoms with Crippen molar-refractivity contribution in [1.82, 2.24) is 5.23 Å².